The molecule has 0 saturated heterocycles. The van der Waals surface area contributed by atoms with Gasteiger partial charge in [-0.25, -0.2) is 0 Å². The first kappa shape index (κ1) is 26.7. The number of hydrogen-bond donors (Lipinski definition) is 3. The lowest BCUT2D eigenvalue weighted by Gasteiger charge is -2.22. The Morgan fingerprint density at radius 1 is 1.14 bits per heavy atom. The Kier molecular flexibility index (Phi) is 10.6. The number of nitrogens with one attached hydrogen (secondary N) is 2. The predicted octanol–water partition coefficient (Wildman–Crippen LogP) is 6.93. The first-order valence-electron chi connectivity index (χ1n) is 13.3. The van der Waals surface area contributed by atoms with Crippen LogP contribution in [0.2, 0.25) is 0 Å². The van der Waals surface area contributed by atoms with Gasteiger partial charge in [0, 0.05) is 30.7 Å². The molecule has 1 atom stereocenters. The molecule has 1 aliphatic heterocycles. The minimum absolute atomic E-state index is 0.306. The Balaban J connectivity index is 1.60. The van der Waals surface area contributed by atoms with E-state index in [0.29, 0.717) is 11.6 Å². The van der Waals surface area contributed by atoms with E-state index in [4.69, 9.17) is 16.1 Å². The molecular formula is C31H44N4. The van der Waals surface area contributed by atoms with Crippen molar-refractivity contribution in [3.63, 3.8) is 0 Å². The van der Waals surface area contributed by atoms with Gasteiger partial charge >= 0.3 is 0 Å². The summed E-state index contributed by atoms with van der Waals surface area (Å²) in [5.74, 6) is 0.306. The Morgan fingerprint density at radius 3 is 2.69 bits per heavy atom. The van der Waals surface area contributed by atoms with Crippen LogP contribution < -0.4 is 11.1 Å². The topological polar surface area (TPSA) is 74.3 Å². The van der Waals surface area contributed by atoms with E-state index < -0.39 is 0 Å². The molecule has 2 aliphatic rings. The quantitative estimate of drug-likeness (QED) is 0.241. The molecule has 0 bridgehead atoms. The normalized spacial score (nSPS) is 20.7. The fourth-order valence-electron chi connectivity index (χ4n) is 5.15. The maximum absolute atomic E-state index is 8.76. The zero-order chi connectivity index (χ0) is 25.0. The molecule has 1 unspecified atom stereocenters. The SMILES string of the molecule is C=C(C)CC(CC(=N)/C=C(/CCCC1=N/CCCC(=C\N)/C=C\1)NC)c1ccc2c(c1)CCCC2. The van der Waals surface area contributed by atoms with Gasteiger partial charge in [0.1, 0.15) is 0 Å². The van der Waals surface area contributed by atoms with E-state index in [9.17, 15) is 0 Å². The summed E-state index contributed by atoms with van der Waals surface area (Å²) >= 11 is 0. The molecule has 1 aliphatic carbocycles. The van der Waals surface area contributed by atoms with Crippen molar-refractivity contribution in [2.24, 2.45) is 10.7 Å². The summed E-state index contributed by atoms with van der Waals surface area (Å²) in [5.41, 5.74) is 15.4. The first-order valence-corrected chi connectivity index (χ1v) is 13.3. The minimum atomic E-state index is 0.306. The van der Waals surface area contributed by atoms with E-state index in [0.717, 1.165) is 62.9 Å². The smallest absolute Gasteiger partial charge is 0.0395 e. The molecule has 4 heteroatoms. The number of aliphatic imine (C=N–C) groups is 1. The summed E-state index contributed by atoms with van der Waals surface area (Å²) in [4.78, 5) is 4.74. The van der Waals surface area contributed by atoms with Crippen molar-refractivity contribution < 1.29 is 0 Å². The van der Waals surface area contributed by atoms with Gasteiger partial charge in [-0.15, -0.1) is 6.58 Å². The third-order valence-corrected chi connectivity index (χ3v) is 7.10. The van der Waals surface area contributed by atoms with Crippen LogP contribution >= 0.6 is 0 Å². The highest BCUT2D eigenvalue weighted by Crippen LogP contribution is 2.31. The molecule has 1 aromatic carbocycles. The summed E-state index contributed by atoms with van der Waals surface area (Å²) in [6, 6.07) is 7.03. The van der Waals surface area contributed by atoms with Gasteiger partial charge < -0.3 is 16.5 Å². The molecule has 1 aromatic rings. The van der Waals surface area contributed by atoms with Crippen molar-refractivity contribution in [1.29, 1.82) is 5.41 Å². The predicted molar refractivity (Wildman–Crippen MR) is 152 cm³/mol. The summed E-state index contributed by atoms with van der Waals surface area (Å²) in [6.07, 6.45) is 19.5. The molecule has 0 amide bonds. The Hall–Kier alpha value is -2.88. The molecule has 4 N–H and O–H groups in total. The van der Waals surface area contributed by atoms with Crippen molar-refractivity contribution >= 4 is 11.4 Å². The molecule has 0 radical (unpaired) electrons. The van der Waals surface area contributed by atoms with Gasteiger partial charge in [0.15, 0.2) is 0 Å². The van der Waals surface area contributed by atoms with Crippen LogP contribution in [0, 0.1) is 5.41 Å². The van der Waals surface area contributed by atoms with Gasteiger partial charge in [0.25, 0.3) is 0 Å². The number of nitrogens with zero attached hydrogens (tertiary/aromatic N) is 1. The molecule has 0 spiro atoms. The van der Waals surface area contributed by atoms with E-state index in [1.54, 1.807) is 6.20 Å². The molecule has 1 heterocycles. The van der Waals surface area contributed by atoms with Crippen molar-refractivity contribution in [2.75, 3.05) is 13.6 Å². The van der Waals surface area contributed by atoms with Gasteiger partial charge in [-0.05, 0) is 124 Å². The molecule has 0 aromatic heterocycles. The third kappa shape index (κ3) is 8.69. The highest BCUT2D eigenvalue weighted by atomic mass is 14.8. The molecule has 0 saturated carbocycles. The first-order chi connectivity index (χ1) is 17.0. The van der Waals surface area contributed by atoms with Crippen LogP contribution in [0.5, 0.6) is 0 Å². The monoisotopic (exact) mass is 472 g/mol. The standard InChI is InChI=1S/C31H44N4/c1-23(2)18-28(27-15-14-25-9-4-5-10-26(25)19-27)20-29(33)21-31(34-3)12-6-11-30-16-13-24(22-32)8-7-17-35-30/h13-16,19,21-22,28,33-34H,1,4-12,17-18,20,32H2,2-3H3/b16-13-,24-22+,31-21-,33-29?,35-30-. The minimum Gasteiger partial charge on any atom is -0.404 e. The van der Waals surface area contributed by atoms with Crippen LogP contribution in [-0.2, 0) is 12.8 Å². The summed E-state index contributed by atoms with van der Waals surface area (Å²) in [7, 11) is 1.96. The molecular weight excluding hydrogens is 428 g/mol. The highest BCUT2D eigenvalue weighted by Gasteiger charge is 2.17. The van der Waals surface area contributed by atoms with E-state index >= 15 is 0 Å². The highest BCUT2D eigenvalue weighted by molar-refractivity contribution is 5.95. The summed E-state index contributed by atoms with van der Waals surface area (Å²) in [5, 5.41) is 12.1. The van der Waals surface area contributed by atoms with Gasteiger partial charge in [-0.2, -0.15) is 0 Å². The average Bonchev–Trinajstić information content (AvgIpc) is 2.84. The van der Waals surface area contributed by atoms with E-state index in [1.807, 2.05) is 13.1 Å². The molecule has 35 heavy (non-hydrogen) atoms. The summed E-state index contributed by atoms with van der Waals surface area (Å²) < 4.78 is 0. The second-order valence-corrected chi connectivity index (χ2v) is 10.1. The van der Waals surface area contributed by atoms with Gasteiger partial charge in [0.2, 0.25) is 0 Å². The molecule has 188 valence electrons. The maximum Gasteiger partial charge on any atom is 0.0395 e. The number of hydrogen-bond acceptors (Lipinski definition) is 4. The Labute approximate surface area is 212 Å². The third-order valence-electron chi connectivity index (χ3n) is 7.10. The lowest BCUT2D eigenvalue weighted by Crippen LogP contribution is -2.12. The molecule has 3 rings (SSSR count). The fraction of sp³-hybridized carbons (Fsp3) is 0.484. The number of nitrogens with two attached hydrogens (primary N) is 1. The van der Waals surface area contributed by atoms with Crippen LogP contribution in [0.3, 0.4) is 0 Å². The van der Waals surface area contributed by atoms with Gasteiger partial charge in [-0.1, -0.05) is 29.8 Å². The maximum atomic E-state index is 8.76. The van der Waals surface area contributed by atoms with Crippen LogP contribution in [0.1, 0.15) is 87.3 Å². The fourth-order valence-corrected chi connectivity index (χ4v) is 5.15. The zero-order valence-electron chi connectivity index (χ0n) is 21.8. The second kappa shape index (κ2) is 13.9. The van der Waals surface area contributed by atoms with Crippen molar-refractivity contribution in [1.82, 2.24) is 5.32 Å². The number of allylic oxidation sites excluding steroid dienone is 6. The van der Waals surface area contributed by atoms with Crippen LogP contribution in [0.15, 0.2) is 71.0 Å². The number of fused-ring (bicyclic) bond motifs is 1. The average molecular weight is 473 g/mol. The summed E-state index contributed by atoms with van der Waals surface area (Å²) in [6.45, 7) is 7.14. The Morgan fingerprint density at radius 2 is 1.94 bits per heavy atom. The van der Waals surface area contributed by atoms with Gasteiger partial charge in [-0.3, -0.25) is 4.99 Å². The van der Waals surface area contributed by atoms with Crippen molar-refractivity contribution in [3.8, 4) is 0 Å². The van der Waals surface area contributed by atoms with E-state index in [1.165, 1.54) is 53.5 Å². The molecule has 4 nitrogen and oxygen atoms in total. The van der Waals surface area contributed by atoms with Gasteiger partial charge in [0.05, 0.1) is 0 Å². The largest absolute Gasteiger partial charge is 0.404 e. The second-order valence-electron chi connectivity index (χ2n) is 10.1. The van der Waals surface area contributed by atoms with Crippen molar-refractivity contribution in [2.45, 2.75) is 83.5 Å². The lowest BCUT2D eigenvalue weighted by molar-refractivity contribution is 0.672. The Bertz CT molecular complexity index is 1010. The molecule has 0 fully saturated rings. The lowest BCUT2D eigenvalue weighted by atomic mass is 9.83. The van der Waals surface area contributed by atoms with E-state index in [-0.39, 0.29) is 0 Å². The van der Waals surface area contributed by atoms with Crippen LogP contribution in [-0.4, -0.2) is 25.0 Å². The number of rotatable bonds is 11. The van der Waals surface area contributed by atoms with Crippen LogP contribution in [0.4, 0.5) is 0 Å². The number of benzene rings is 1. The van der Waals surface area contributed by atoms with Crippen molar-refractivity contribution in [3.05, 3.63) is 82.7 Å². The number of aryl methyl sites for hydroxylation is 2. The zero-order valence-corrected chi connectivity index (χ0v) is 21.8. The van der Waals surface area contributed by atoms with Crippen LogP contribution in [0.25, 0.3) is 0 Å². The van der Waals surface area contributed by atoms with E-state index in [2.05, 4.69) is 49.2 Å².